The number of ether oxygens (including phenoxy) is 1. The molecule has 6 nitrogen and oxygen atoms in total. The molecule has 0 aliphatic heterocycles. The average molecular weight is 429 g/mol. The largest absolute Gasteiger partial charge is 0.495 e. The second kappa shape index (κ2) is 7.92. The van der Waals surface area contributed by atoms with E-state index in [9.17, 15) is 4.79 Å². The third-order valence-corrected chi connectivity index (χ3v) is 6.17. The zero-order valence-electron chi connectivity index (χ0n) is 17.1. The van der Waals surface area contributed by atoms with Crippen LogP contribution in [0.15, 0.2) is 76.9 Å². The van der Waals surface area contributed by atoms with Crippen LogP contribution in [0.25, 0.3) is 27.6 Å². The summed E-state index contributed by atoms with van der Waals surface area (Å²) >= 11 is 1.50. The fourth-order valence-corrected chi connectivity index (χ4v) is 4.59. The number of hydrogen-bond acceptors (Lipinski definition) is 5. The number of nitrogens with zero attached hydrogens (tertiary/aromatic N) is 3. The Labute approximate surface area is 182 Å². The number of aromatic amines is 1. The predicted molar refractivity (Wildman–Crippen MR) is 124 cm³/mol. The number of pyridine rings is 1. The summed E-state index contributed by atoms with van der Waals surface area (Å²) < 4.78 is 7.22. The number of aryl methyl sites for hydroxylation is 1. The summed E-state index contributed by atoms with van der Waals surface area (Å²) in [6, 6.07) is 17.5. The SMILES string of the molecule is COc1ccc(C)cc1-n1c(SCc2cccnc2)nc2c([nH]c3ccccc32)c1=O. The standard InChI is InChI=1S/C24H20N4O2S/c1-15-9-10-20(30-2)19(12-15)28-23(29)22-21(17-7-3-4-8-18(17)26-22)27-24(28)31-14-16-6-5-11-25-13-16/h3-13,26H,14H2,1-2H3. The van der Waals surface area contributed by atoms with Crippen molar-refractivity contribution in [2.45, 2.75) is 17.8 Å². The highest BCUT2D eigenvalue weighted by Crippen LogP contribution is 2.31. The van der Waals surface area contributed by atoms with Gasteiger partial charge in [-0.25, -0.2) is 9.55 Å². The molecule has 0 saturated heterocycles. The molecule has 0 bridgehead atoms. The Hall–Kier alpha value is -3.58. The van der Waals surface area contributed by atoms with Crippen LogP contribution in [0.1, 0.15) is 11.1 Å². The highest BCUT2D eigenvalue weighted by molar-refractivity contribution is 7.98. The third kappa shape index (κ3) is 3.47. The Morgan fingerprint density at radius 1 is 1.13 bits per heavy atom. The summed E-state index contributed by atoms with van der Waals surface area (Å²) in [6.07, 6.45) is 3.57. The first kappa shape index (κ1) is 19.4. The Balaban J connectivity index is 1.77. The van der Waals surface area contributed by atoms with Crippen LogP contribution >= 0.6 is 11.8 Å². The normalized spacial score (nSPS) is 11.3. The van der Waals surface area contributed by atoms with Crippen molar-refractivity contribution in [1.82, 2.24) is 19.5 Å². The van der Waals surface area contributed by atoms with Crippen LogP contribution in [0.3, 0.4) is 0 Å². The molecule has 0 fully saturated rings. The molecule has 7 heteroatoms. The fourth-order valence-electron chi connectivity index (χ4n) is 3.66. The maximum Gasteiger partial charge on any atom is 0.283 e. The van der Waals surface area contributed by atoms with E-state index >= 15 is 0 Å². The number of methoxy groups -OCH3 is 1. The Morgan fingerprint density at radius 3 is 2.81 bits per heavy atom. The number of aromatic nitrogens is 4. The molecule has 2 aromatic carbocycles. The van der Waals surface area contributed by atoms with Crippen molar-refractivity contribution in [3.63, 3.8) is 0 Å². The van der Waals surface area contributed by atoms with E-state index in [4.69, 9.17) is 9.72 Å². The van der Waals surface area contributed by atoms with Crippen molar-refractivity contribution < 1.29 is 4.74 Å². The van der Waals surface area contributed by atoms with Gasteiger partial charge in [-0.2, -0.15) is 0 Å². The summed E-state index contributed by atoms with van der Waals surface area (Å²) in [6.45, 7) is 1.99. The van der Waals surface area contributed by atoms with Gasteiger partial charge in [0.15, 0.2) is 5.16 Å². The van der Waals surface area contributed by atoms with Crippen LogP contribution in [-0.2, 0) is 5.75 Å². The highest BCUT2D eigenvalue weighted by Gasteiger charge is 2.19. The lowest BCUT2D eigenvalue weighted by Crippen LogP contribution is -2.22. The van der Waals surface area contributed by atoms with E-state index in [0.29, 0.717) is 33.4 Å². The van der Waals surface area contributed by atoms with E-state index < -0.39 is 0 Å². The highest BCUT2D eigenvalue weighted by atomic mass is 32.2. The number of benzene rings is 2. The molecule has 154 valence electrons. The number of para-hydroxylation sites is 1. The van der Waals surface area contributed by atoms with Gasteiger partial charge in [0.05, 0.1) is 12.8 Å². The molecule has 0 aliphatic carbocycles. The van der Waals surface area contributed by atoms with E-state index in [2.05, 4.69) is 9.97 Å². The molecule has 5 rings (SSSR count). The molecule has 0 radical (unpaired) electrons. The van der Waals surface area contributed by atoms with E-state index in [0.717, 1.165) is 22.0 Å². The number of nitrogens with one attached hydrogen (secondary N) is 1. The molecular weight excluding hydrogens is 408 g/mol. The lowest BCUT2D eigenvalue weighted by atomic mass is 10.2. The molecule has 0 spiro atoms. The van der Waals surface area contributed by atoms with Crippen molar-refractivity contribution in [1.29, 1.82) is 0 Å². The molecule has 0 atom stereocenters. The molecule has 31 heavy (non-hydrogen) atoms. The molecule has 5 aromatic rings. The molecular formula is C24H20N4O2S. The lowest BCUT2D eigenvalue weighted by molar-refractivity contribution is 0.411. The van der Waals surface area contributed by atoms with Gasteiger partial charge < -0.3 is 9.72 Å². The van der Waals surface area contributed by atoms with Gasteiger partial charge in [-0.15, -0.1) is 0 Å². The molecule has 0 amide bonds. The van der Waals surface area contributed by atoms with E-state index in [1.165, 1.54) is 11.8 Å². The minimum atomic E-state index is -0.154. The van der Waals surface area contributed by atoms with Crippen LogP contribution in [0, 0.1) is 6.92 Å². The summed E-state index contributed by atoms with van der Waals surface area (Å²) in [5.41, 5.74) is 4.66. The second-order valence-electron chi connectivity index (χ2n) is 7.25. The number of H-pyrrole nitrogens is 1. The van der Waals surface area contributed by atoms with Gasteiger partial charge in [-0.3, -0.25) is 9.78 Å². The summed E-state index contributed by atoms with van der Waals surface area (Å²) in [4.78, 5) is 26.1. The van der Waals surface area contributed by atoms with Gasteiger partial charge in [0.1, 0.15) is 16.8 Å². The van der Waals surface area contributed by atoms with E-state index in [1.807, 2.05) is 67.7 Å². The monoisotopic (exact) mass is 428 g/mol. The molecule has 0 aliphatic rings. The number of hydrogen-bond donors (Lipinski definition) is 1. The lowest BCUT2D eigenvalue weighted by Gasteiger charge is -2.15. The number of fused-ring (bicyclic) bond motifs is 3. The predicted octanol–water partition coefficient (Wildman–Crippen LogP) is 4.87. The van der Waals surface area contributed by atoms with Crippen LogP contribution in [0.2, 0.25) is 0 Å². The van der Waals surface area contributed by atoms with Crippen LogP contribution in [0.4, 0.5) is 0 Å². The van der Waals surface area contributed by atoms with Crippen LogP contribution < -0.4 is 10.3 Å². The third-order valence-electron chi connectivity index (χ3n) is 5.16. The zero-order valence-corrected chi connectivity index (χ0v) is 17.9. The first-order valence-electron chi connectivity index (χ1n) is 9.86. The second-order valence-corrected chi connectivity index (χ2v) is 8.20. The Kier molecular flexibility index (Phi) is 4.95. The average Bonchev–Trinajstić information content (AvgIpc) is 3.17. The van der Waals surface area contributed by atoms with E-state index in [-0.39, 0.29) is 5.56 Å². The minimum Gasteiger partial charge on any atom is -0.495 e. The summed E-state index contributed by atoms with van der Waals surface area (Å²) in [5.74, 6) is 1.26. The topological polar surface area (TPSA) is 72.8 Å². The maximum atomic E-state index is 13.7. The van der Waals surface area contributed by atoms with Crippen LogP contribution in [-0.4, -0.2) is 26.6 Å². The zero-order chi connectivity index (χ0) is 21.4. The van der Waals surface area contributed by atoms with Gasteiger partial charge in [0, 0.05) is 29.0 Å². The quantitative estimate of drug-likeness (QED) is 0.319. The summed E-state index contributed by atoms with van der Waals surface area (Å²) in [7, 11) is 1.61. The van der Waals surface area contributed by atoms with Gasteiger partial charge >= 0.3 is 0 Å². The van der Waals surface area contributed by atoms with E-state index in [1.54, 1.807) is 17.9 Å². The molecule has 3 heterocycles. The van der Waals surface area contributed by atoms with Crippen molar-refractivity contribution in [3.05, 3.63) is 88.5 Å². The molecule has 0 unspecified atom stereocenters. The van der Waals surface area contributed by atoms with Crippen molar-refractivity contribution in [3.8, 4) is 11.4 Å². The fraction of sp³-hybridized carbons (Fsp3) is 0.125. The van der Waals surface area contributed by atoms with Gasteiger partial charge in [-0.1, -0.05) is 42.1 Å². The first-order chi connectivity index (χ1) is 15.2. The van der Waals surface area contributed by atoms with Crippen molar-refractivity contribution in [2.24, 2.45) is 0 Å². The molecule has 1 N–H and O–H groups in total. The van der Waals surface area contributed by atoms with Gasteiger partial charge in [-0.05, 0) is 42.3 Å². The Morgan fingerprint density at radius 2 is 2.00 bits per heavy atom. The van der Waals surface area contributed by atoms with Gasteiger partial charge in [0.2, 0.25) is 0 Å². The van der Waals surface area contributed by atoms with Gasteiger partial charge in [0.25, 0.3) is 5.56 Å². The number of thioether (sulfide) groups is 1. The summed E-state index contributed by atoms with van der Waals surface area (Å²) in [5, 5.41) is 1.54. The first-order valence-corrected chi connectivity index (χ1v) is 10.8. The smallest absolute Gasteiger partial charge is 0.283 e. The van der Waals surface area contributed by atoms with Crippen molar-refractivity contribution >= 4 is 33.7 Å². The van der Waals surface area contributed by atoms with Crippen molar-refractivity contribution in [2.75, 3.05) is 7.11 Å². The minimum absolute atomic E-state index is 0.154. The number of rotatable bonds is 5. The molecule has 0 saturated carbocycles. The molecule has 3 aromatic heterocycles. The van der Waals surface area contributed by atoms with Crippen LogP contribution in [0.5, 0.6) is 5.75 Å². The maximum absolute atomic E-state index is 13.7. The Bertz CT molecular complexity index is 1460.